The van der Waals surface area contributed by atoms with Gasteiger partial charge in [0.25, 0.3) is 5.91 Å². The number of ether oxygens (including phenoxy) is 3. The molecule has 0 saturated heterocycles. The molecule has 0 spiro atoms. The first-order valence-corrected chi connectivity index (χ1v) is 10.9. The van der Waals surface area contributed by atoms with Gasteiger partial charge >= 0.3 is 0 Å². The standard InChI is InChI=1S/C24H31N3O4/c1-6-27-19-13-11-10-12-18(19)26-23(27)16(5)25-24(28)17-14-20(29-7-2)22(31-9-4)21(15-17)30-8-3/h10-16H,6-9H2,1-5H3,(H,25,28). The van der Waals surface area contributed by atoms with Crippen molar-refractivity contribution in [2.75, 3.05) is 19.8 Å². The molecule has 166 valence electrons. The Labute approximate surface area is 183 Å². The summed E-state index contributed by atoms with van der Waals surface area (Å²) in [6.45, 7) is 11.8. The zero-order valence-corrected chi connectivity index (χ0v) is 18.9. The molecule has 3 rings (SSSR count). The SMILES string of the molecule is CCOc1cc(C(=O)NC(C)c2nc3ccccc3n2CC)cc(OCC)c1OCC. The fraction of sp³-hybridized carbons (Fsp3) is 0.417. The highest BCUT2D eigenvalue weighted by Gasteiger charge is 2.22. The van der Waals surface area contributed by atoms with Crippen LogP contribution >= 0.6 is 0 Å². The van der Waals surface area contributed by atoms with Crippen molar-refractivity contribution in [3.05, 3.63) is 47.8 Å². The third-order valence-corrected chi connectivity index (χ3v) is 4.91. The van der Waals surface area contributed by atoms with Gasteiger partial charge in [-0.3, -0.25) is 4.79 Å². The number of rotatable bonds is 10. The number of hydrogen-bond acceptors (Lipinski definition) is 5. The average Bonchev–Trinajstić information content (AvgIpc) is 3.15. The van der Waals surface area contributed by atoms with Crippen LogP contribution in [-0.4, -0.2) is 35.3 Å². The van der Waals surface area contributed by atoms with Gasteiger partial charge in [0.15, 0.2) is 11.5 Å². The van der Waals surface area contributed by atoms with Gasteiger partial charge in [0.1, 0.15) is 5.82 Å². The van der Waals surface area contributed by atoms with E-state index in [1.807, 2.05) is 52.0 Å². The van der Waals surface area contributed by atoms with Gasteiger partial charge < -0.3 is 24.1 Å². The highest BCUT2D eigenvalue weighted by atomic mass is 16.5. The highest BCUT2D eigenvalue weighted by Crippen LogP contribution is 2.39. The van der Waals surface area contributed by atoms with Gasteiger partial charge in [-0.1, -0.05) is 12.1 Å². The number of fused-ring (bicyclic) bond motifs is 1. The Kier molecular flexibility index (Phi) is 7.39. The van der Waals surface area contributed by atoms with E-state index < -0.39 is 0 Å². The largest absolute Gasteiger partial charge is 0.490 e. The minimum atomic E-state index is -0.280. The second-order valence-electron chi connectivity index (χ2n) is 7.00. The molecule has 0 bridgehead atoms. The number of para-hydroxylation sites is 2. The van der Waals surface area contributed by atoms with Crippen LogP contribution in [0.3, 0.4) is 0 Å². The number of nitrogens with zero attached hydrogens (tertiary/aromatic N) is 2. The van der Waals surface area contributed by atoms with Crippen molar-refractivity contribution in [3.8, 4) is 17.2 Å². The number of hydrogen-bond donors (Lipinski definition) is 1. The lowest BCUT2D eigenvalue weighted by Gasteiger charge is -2.19. The van der Waals surface area contributed by atoms with Crippen LogP contribution in [0.25, 0.3) is 11.0 Å². The molecule has 1 N–H and O–H groups in total. The molecule has 7 nitrogen and oxygen atoms in total. The lowest BCUT2D eigenvalue weighted by atomic mass is 10.1. The van der Waals surface area contributed by atoms with Crippen molar-refractivity contribution in [2.24, 2.45) is 0 Å². The summed E-state index contributed by atoms with van der Waals surface area (Å²) in [7, 11) is 0. The van der Waals surface area contributed by atoms with E-state index in [4.69, 9.17) is 19.2 Å². The maximum atomic E-state index is 13.1. The Balaban J connectivity index is 1.92. The third-order valence-electron chi connectivity index (χ3n) is 4.91. The van der Waals surface area contributed by atoms with Gasteiger partial charge in [0.05, 0.1) is 36.9 Å². The van der Waals surface area contributed by atoms with E-state index in [9.17, 15) is 4.79 Å². The summed E-state index contributed by atoms with van der Waals surface area (Å²) in [4.78, 5) is 17.9. The van der Waals surface area contributed by atoms with Crippen LogP contribution in [0.1, 0.15) is 56.8 Å². The maximum absolute atomic E-state index is 13.1. The number of aromatic nitrogens is 2. The number of nitrogens with one attached hydrogen (secondary N) is 1. The third kappa shape index (κ3) is 4.76. The molecule has 0 fully saturated rings. The predicted molar refractivity (Wildman–Crippen MR) is 121 cm³/mol. The molecule has 1 heterocycles. The summed E-state index contributed by atoms with van der Waals surface area (Å²) in [6.07, 6.45) is 0. The second-order valence-corrected chi connectivity index (χ2v) is 7.00. The molecule has 1 amide bonds. The van der Waals surface area contributed by atoms with Crippen LogP contribution < -0.4 is 19.5 Å². The fourth-order valence-electron chi connectivity index (χ4n) is 3.62. The van der Waals surface area contributed by atoms with Crippen molar-refractivity contribution in [3.63, 3.8) is 0 Å². The number of carbonyl (C=O) groups excluding carboxylic acids is 1. The molecule has 0 aliphatic heterocycles. The van der Waals surface area contributed by atoms with Crippen LogP contribution in [0, 0.1) is 0 Å². The molecule has 1 unspecified atom stereocenters. The van der Waals surface area contributed by atoms with E-state index in [0.717, 1.165) is 23.4 Å². The summed E-state index contributed by atoms with van der Waals surface area (Å²) >= 11 is 0. The molecular weight excluding hydrogens is 394 g/mol. The number of imidazole rings is 1. The number of benzene rings is 2. The minimum Gasteiger partial charge on any atom is -0.490 e. The number of aryl methyl sites for hydroxylation is 1. The van der Waals surface area contributed by atoms with Gasteiger partial charge in [-0.15, -0.1) is 0 Å². The van der Waals surface area contributed by atoms with Gasteiger partial charge in [0.2, 0.25) is 5.75 Å². The Morgan fingerprint density at radius 2 is 1.61 bits per heavy atom. The molecular formula is C24H31N3O4. The van der Waals surface area contributed by atoms with Crippen LogP contribution in [0.15, 0.2) is 36.4 Å². The quantitative estimate of drug-likeness (QED) is 0.508. The second kappa shape index (κ2) is 10.2. The first-order valence-electron chi connectivity index (χ1n) is 10.9. The smallest absolute Gasteiger partial charge is 0.252 e. The van der Waals surface area contributed by atoms with Crippen molar-refractivity contribution >= 4 is 16.9 Å². The van der Waals surface area contributed by atoms with Crippen molar-refractivity contribution in [1.82, 2.24) is 14.9 Å². The number of carbonyl (C=O) groups is 1. The van der Waals surface area contributed by atoms with Crippen molar-refractivity contribution in [1.29, 1.82) is 0 Å². The van der Waals surface area contributed by atoms with E-state index in [2.05, 4.69) is 16.8 Å². The Morgan fingerprint density at radius 3 is 2.19 bits per heavy atom. The summed E-state index contributed by atoms with van der Waals surface area (Å²) < 4.78 is 19.3. The molecule has 1 atom stereocenters. The Morgan fingerprint density at radius 1 is 1.00 bits per heavy atom. The van der Waals surface area contributed by atoms with Crippen LogP contribution in [0.5, 0.6) is 17.2 Å². The van der Waals surface area contributed by atoms with Gasteiger partial charge in [-0.25, -0.2) is 4.98 Å². The first-order chi connectivity index (χ1) is 15.0. The molecule has 2 aromatic carbocycles. The van der Waals surface area contributed by atoms with E-state index in [0.29, 0.717) is 42.6 Å². The van der Waals surface area contributed by atoms with Gasteiger partial charge in [0, 0.05) is 12.1 Å². The molecule has 0 aliphatic carbocycles. The van der Waals surface area contributed by atoms with Crippen LogP contribution in [0.4, 0.5) is 0 Å². The lowest BCUT2D eigenvalue weighted by molar-refractivity contribution is 0.0936. The minimum absolute atomic E-state index is 0.229. The topological polar surface area (TPSA) is 74.6 Å². The summed E-state index contributed by atoms with van der Waals surface area (Å²) in [5.41, 5.74) is 2.42. The van der Waals surface area contributed by atoms with Crippen molar-refractivity contribution in [2.45, 2.75) is 47.2 Å². The monoisotopic (exact) mass is 425 g/mol. The lowest BCUT2D eigenvalue weighted by Crippen LogP contribution is -2.28. The van der Waals surface area contributed by atoms with Gasteiger partial charge in [-0.2, -0.15) is 0 Å². The van der Waals surface area contributed by atoms with Crippen LogP contribution in [0.2, 0.25) is 0 Å². The Bertz CT molecular complexity index is 1020. The zero-order valence-electron chi connectivity index (χ0n) is 18.9. The average molecular weight is 426 g/mol. The molecule has 0 radical (unpaired) electrons. The predicted octanol–water partition coefficient (Wildman–Crippen LogP) is 4.74. The van der Waals surface area contributed by atoms with Gasteiger partial charge in [-0.05, 0) is 58.9 Å². The van der Waals surface area contributed by atoms with Crippen molar-refractivity contribution < 1.29 is 19.0 Å². The molecule has 7 heteroatoms. The Hall–Kier alpha value is -3.22. The summed E-state index contributed by atoms with van der Waals surface area (Å²) in [5, 5.41) is 3.06. The van der Waals surface area contributed by atoms with E-state index >= 15 is 0 Å². The van der Waals surface area contributed by atoms with E-state index in [1.165, 1.54) is 0 Å². The summed E-state index contributed by atoms with van der Waals surface area (Å²) in [6, 6.07) is 11.1. The molecule has 3 aromatic rings. The molecule has 31 heavy (non-hydrogen) atoms. The molecule has 0 aliphatic rings. The summed E-state index contributed by atoms with van der Waals surface area (Å²) in [5.74, 6) is 2.09. The normalized spacial score (nSPS) is 11.9. The van der Waals surface area contributed by atoms with E-state index in [1.54, 1.807) is 12.1 Å². The molecule has 0 saturated carbocycles. The highest BCUT2D eigenvalue weighted by molar-refractivity contribution is 5.96. The first kappa shape index (κ1) is 22.5. The zero-order chi connectivity index (χ0) is 22.4. The molecule has 1 aromatic heterocycles. The number of amides is 1. The fourth-order valence-corrected chi connectivity index (χ4v) is 3.62. The van der Waals surface area contributed by atoms with Crippen LogP contribution in [-0.2, 0) is 6.54 Å². The van der Waals surface area contributed by atoms with E-state index in [-0.39, 0.29) is 11.9 Å². The maximum Gasteiger partial charge on any atom is 0.252 e.